The van der Waals surface area contributed by atoms with Crippen molar-refractivity contribution in [1.82, 2.24) is 0 Å². The van der Waals surface area contributed by atoms with Crippen molar-refractivity contribution in [3.8, 4) is 5.75 Å². The molecule has 0 aromatic heterocycles. The summed E-state index contributed by atoms with van der Waals surface area (Å²) in [4.78, 5) is 21.5. The second kappa shape index (κ2) is 6.38. The molecule has 0 radical (unpaired) electrons. The van der Waals surface area contributed by atoms with E-state index in [9.17, 15) is 27.2 Å². The average Bonchev–Trinajstić information content (AvgIpc) is 2.39. The summed E-state index contributed by atoms with van der Waals surface area (Å²) < 4.78 is 63.6. The molecule has 0 fully saturated rings. The molecule has 0 amide bonds. The minimum atomic E-state index is -1.92. The summed E-state index contributed by atoms with van der Waals surface area (Å²) in [6.07, 6.45) is -0.953. The van der Waals surface area contributed by atoms with Crippen LogP contribution < -0.4 is 4.74 Å². The van der Waals surface area contributed by atoms with Crippen LogP contribution >= 0.6 is 0 Å². The summed E-state index contributed by atoms with van der Waals surface area (Å²) in [5.41, 5.74) is -1.19. The highest BCUT2D eigenvalue weighted by molar-refractivity contribution is 5.69. The Kier molecular flexibility index (Phi) is 5.07. The van der Waals surface area contributed by atoms with Gasteiger partial charge >= 0.3 is 11.9 Å². The van der Waals surface area contributed by atoms with E-state index in [2.05, 4.69) is 16.1 Å². The van der Waals surface area contributed by atoms with Gasteiger partial charge in [-0.2, -0.15) is 8.78 Å². The van der Waals surface area contributed by atoms with Gasteiger partial charge in [0.2, 0.25) is 17.4 Å². The van der Waals surface area contributed by atoms with Crippen LogP contribution in [0.15, 0.2) is 12.7 Å². The van der Waals surface area contributed by atoms with Crippen molar-refractivity contribution in [3.05, 3.63) is 41.5 Å². The highest BCUT2D eigenvalue weighted by Gasteiger charge is 2.32. The molecule has 0 aliphatic heterocycles. The molecule has 1 aromatic carbocycles. The fraction of sp³-hybridized carbons (Fsp3) is 0.231. The standard InChI is InChI=1S/C13H10F4O4/c1-4-7(20-5(2)18)8-9(14)11(16)13(21-6(3)19)12(17)10(8)15/h4,7H,1H2,2-3H3. The van der Waals surface area contributed by atoms with Gasteiger partial charge < -0.3 is 9.47 Å². The van der Waals surface area contributed by atoms with Crippen molar-refractivity contribution in [2.75, 3.05) is 0 Å². The van der Waals surface area contributed by atoms with Crippen LogP contribution in [0.25, 0.3) is 0 Å². The molecule has 0 aliphatic rings. The first-order valence-electron chi connectivity index (χ1n) is 5.54. The lowest BCUT2D eigenvalue weighted by Gasteiger charge is -2.17. The van der Waals surface area contributed by atoms with E-state index in [0.29, 0.717) is 0 Å². The Morgan fingerprint density at radius 3 is 1.81 bits per heavy atom. The molecule has 0 bridgehead atoms. The second-order valence-corrected chi connectivity index (χ2v) is 3.86. The van der Waals surface area contributed by atoms with E-state index < -0.39 is 52.6 Å². The number of halogens is 4. The number of hydrogen-bond acceptors (Lipinski definition) is 4. The molecule has 1 atom stereocenters. The molecule has 0 heterocycles. The summed E-state index contributed by atoms with van der Waals surface area (Å²) in [6.45, 7) is 4.90. The molecular formula is C13H10F4O4. The predicted octanol–water partition coefficient (Wildman–Crippen LogP) is 2.96. The van der Waals surface area contributed by atoms with E-state index >= 15 is 0 Å². The molecule has 114 valence electrons. The van der Waals surface area contributed by atoms with Crippen molar-refractivity contribution in [1.29, 1.82) is 0 Å². The normalized spacial score (nSPS) is 11.7. The van der Waals surface area contributed by atoms with E-state index in [-0.39, 0.29) is 0 Å². The Labute approximate surface area is 117 Å². The summed E-state index contributed by atoms with van der Waals surface area (Å²) in [6, 6.07) is 0. The van der Waals surface area contributed by atoms with Gasteiger partial charge in [0.05, 0.1) is 5.56 Å². The third kappa shape index (κ3) is 3.39. The molecule has 0 saturated carbocycles. The number of carbonyl (C=O) groups is 2. The molecule has 1 unspecified atom stereocenters. The zero-order valence-corrected chi connectivity index (χ0v) is 11.0. The molecule has 21 heavy (non-hydrogen) atoms. The Balaban J connectivity index is 3.52. The minimum absolute atomic E-state index is 0.785. The van der Waals surface area contributed by atoms with E-state index in [0.717, 1.165) is 19.9 Å². The van der Waals surface area contributed by atoms with Crippen LogP contribution in [0.3, 0.4) is 0 Å². The number of rotatable bonds is 4. The van der Waals surface area contributed by atoms with Gasteiger partial charge in [-0.15, -0.1) is 0 Å². The van der Waals surface area contributed by atoms with Gasteiger partial charge in [-0.1, -0.05) is 6.58 Å². The van der Waals surface area contributed by atoms with Crippen LogP contribution in [-0.2, 0) is 14.3 Å². The Bertz CT molecular complexity index is 584. The second-order valence-electron chi connectivity index (χ2n) is 3.86. The van der Waals surface area contributed by atoms with Crippen molar-refractivity contribution in [2.45, 2.75) is 20.0 Å². The predicted molar refractivity (Wildman–Crippen MR) is 62.3 cm³/mol. The lowest BCUT2D eigenvalue weighted by atomic mass is 10.1. The van der Waals surface area contributed by atoms with Gasteiger partial charge in [0.25, 0.3) is 0 Å². The summed E-state index contributed by atoms with van der Waals surface area (Å²) in [5, 5.41) is 0. The molecule has 0 spiro atoms. The quantitative estimate of drug-likeness (QED) is 0.282. The average molecular weight is 306 g/mol. The molecule has 0 saturated heterocycles. The summed E-state index contributed by atoms with van der Waals surface area (Å²) >= 11 is 0. The Morgan fingerprint density at radius 1 is 1.00 bits per heavy atom. The van der Waals surface area contributed by atoms with Gasteiger partial charge in [0, 0.05) is 13.8 Å². The van der Waals surface area contributed by atoms with Gasteiger partial charge in [0.1, 0.15) is 0 Å². The molecule has 0 N–H and O–H groups in total. The van der Waals surface area contributed by atoms with Crippen molar-refractivity contribution in [2.24, 2.45) is 0 Å². The lowest BCUT2D eigenvalue weighted by molar-refractivity contribution is -0.144. The molecule has 1 rings (SSSR count). The zero-order valence-electron chi connectivity index (χ0n) is 11.0. The SMILES string of the molecule is C=CC(OC(C)=O)c1c(F)c(F)c(OC(C)=O)c(F)c1F. The first kappa shape index (κ1) is 16.7. The third-order valence-electron chi connectivity index (χ3n) is 2.29. The van der Waals surface area contributed by atoms with Gasteiger partial charge in [0.15, 0.2) is 17.7 Å². The Morgan fingerprint density at radius 2 is 1.48 bits per heavy atom. The monoisotopic (exact) mass is 306 g/mol. The first-order chi connectivity index (χ1) is 9.70. The minimum Gasteiger partial charge on any atom is -0.453 e. The van der Waals surface area contributed by atoms with Crippen LogP contribution in [-0.4, -0.2) is 11.9 Å². The van der Waals surface area contributed by atoms with Crippen molar-refractivity contribution in [3.63, 3.8) is 0 Å². The summed E-state index contributed by atoms with van der Waals surface area (Å²) in [5.74, 6) is -11.2. The van der Waals surface area contributed by atoms with Crippen LogP contribution in [0, 0.1) is 23.3 Å². The molecule has 8 heteroatoms. The Hall–Kier alpha value is -2.38. The largest absolute Gasteiger partial charge is 0.453 e. The fourth-order valence-corrected chi connectivity index (χ4v) is 1.52. The number of ether oxygens (including phenoxy) is 2. The maximum atomic E-state index is 13.8. The molecule has 0 aliphatic carbocycles. The van der Waals surface area contributed by atoms with E-state index in [1.54, 1.807) is 0 Å². The molecular weight excluding hydrogens is 296 g/mol. The lowest BCUT2D eigenvalue weighted by Crippen LogP contribution is -2.15. The number of hydrogen-bond donors (Lipinski definition) is 0. The number of benzene rings is 1. The highest BCUT2D eigenvalue weighted by atomic mass is 19.2. The fourth-order valence-electron chi connectivity index (χ4n) is 1.52. The summed E-state index contributed by atoms with van der Waals surface area (Å²) in [7, 11) is 0. The van der Waals surface area contributed by atoms with E-state index in [4.69, 9.17) is 0 Å². The number of esters is 2. The third-order valence-corrected chi connectivity index (χ3v) is 2.29. The van der Waals surface area contributed by atoms with E-state index in [1.165, 1.54) is 0 Å². The maximum absolute atomic E-state index is 13.8. The topological polar surface area (TPSA) is 52.6 Å². The van der Waals surface area contributed by atoms with Crippen LogP contribution in [0.5, 0.6) is 5.75 Å². The smallest absolute Gasteiger partial charge is 0.308 e. The molecule has 4 nitrogen and oxygen atoms in total. The van der Waals surface area contributed by atoms with Crippen LogP contribution in [0.1, 0.15) is 25.5 Å². The van der Waals surface area contributed by atoms with Crippen LogP contribution in [0.4, 0.5) is 17.6 Å². The first-order valence-corrected chi connectivity index (χ1v) is 5.54. The highest BCUT2D eigenvalue weighted by Crippen LogP contribution is 2.34. The maximum Gasteiger partial charge on any atom is 0.308 e. The van der Waals surface area contributed by atoms with Gasteiger partial charge in [-0.3, -0.25) is 9.59 Å². The van der Waals surface area contributed by atoms with Crippen LogP contribution in [0.2, 0.25) is 0 Å². The molecule has 1 aromatic rings. The van der Waals surface area contributed by atoms with Gasteiger partial charge in [-0.25, -0.2) is 8.78 Å². The van der Waals surface area contributed by atoms with E-state index in [1.807, 2.05) is 0 Å². The van der Waals surface area contributed by atoms with Crippen molar-refractivity contribution < 1.29 is 36.6 Å². The van der Waals surface area contributed by atoms with Gasteiger partial charge in [-0.05, 0) is 6.08 Å². The van der Waals surface area contributed by atoms with Crippen molar-refractivity contribution >= 4 is 11.9 Å². The number of carbonyl (C=O) groups excluding carboxylic acids is 2. The zero-order chi connectivity index (χ0) is 16.3.